The molecule has 1 aromatic heterocycles. The number of fused-ring (bicyclic) bond motifs is 1. The summed E-state index contributed by atoms with van der Waals surface area (Å²) in [5, 5.41) is 1.09. The van der Waals surface area contributed by atoms with E-state index in [9.17, 15) is 13.2 Å². The predicted molar refractivity (Wildman–Crippen MR) is 134 cm³/mol. The zero-order valence-corrected chi connectivity index (χ0v) is 21.3. The average molecular weight is 510 g/mol. The molecule has 0 N–H and O–H groups in total. The molecule has 0 aliphatic rings. The van der Waals surface area contributed by atoms with Crippen LogP contribution in [0, 0.1) is 0 Å². The molecule has 33 heavy (non-hydrogen) atoms. The van der Waals surface area contributed by atoms with Crippen LogP contribution in [0.2, 0.25) is 5.02 Å². The average Bonchev–Trinajstić information content (AvgIpc) is 3.19. The van der Waals surface area contributed by atoms with Crippen molar-refractivity contribution < 1.29 is 17.9 Å². The van der Waals surface area contributed by atoms with Gasteiger partial charge in [0, 0.05) is 18.0 Å². The van der Waals surface area contributed by atoms with Crippen LogP contribution in [0.1, 0.15) is 19.3 Å². The van der Waals surface area contributed by atoms with E-state index in [1.807, 2.05) is 32.3 Å². The first-order chi connectivity index (χ1) is 15.7. The molecule has 2 aromatic carbocycles. The molecule has 0 unspecified atom stereocenters. The normalized spacial score (nSPS) is 11.8. The van der Waals surface area contributed by atoms with E-state index in [0.717, 1.165) is 28.9 Å². The fraction of sp³-hybridized carbons (Fsp3) is 0.391. The van der Waals surface area contributed by atoms with Crippen molar-refractivity contribution in [3.63, 3.8) is 0 Å². The summed E-state index contributed by atoms with van der Waals surface area (Å²) >= 11 is 7.28. The number of carbonyl (C=O) groups excluding carboxylic acids is 1. The van der Waals surface area contributed by atoms with Gasteiger partial charge >= 0.3 is 0 Å². The van der Waals surface area contributed by atoms with Gasteiger partial charge in [-0.1, -0.05) is 22.9 Å². The van der Waals surface area contributed by atoms with Crippen molar-refractivity contribution in [2.24, 2.45) is 0 Å². The lowest BCUT2D eigenvalue weighted by Gasteiger charge is -2.21. The van der Waals surface area contributed by atoms with Crippen LogP contribution in [0.25, 0.3) is 10.2 Å². The van der Waals surface area contributed by atoms with Gasteiger partial charge in [0.2, 0.25) is 5.91 Å². The summed E-state index contributed by atoms with van der Waals surface area (Å²) in [6.07, 6.45) is 1.13. The zero-order valence-electron chi connectivity index (χ0n) is 19.0. The summed E-state index contributed by atoms with van der Waals surface area (Å²) in [7, 11) is 2.09. The number of rotatable bonds is 11. The number of thiazole rings is 1. The van der Waals surface area contributed by atoms with E-state index in [2.05, 4.69) is 9.88 Å². The molecule has 7 nitrogen and oxygen atoms in total. The van der Waals surface area contributed by atoms with Gasteiger partial charge in [0.25, 0.3) is 0 Å². The monoisotopic (exact) mass is 509 g/mol. The second-order valence-corrected chi connectivity index (χ2v) is 11.5. The first kappa shape index (κ1) is 25.4. The van der Waals surface area contributed by atoms with Crippen molar-refractivity contribution in [2.75, 3.05) is 44.9 Å². The van der Waals surface area contributed by atoms with Crippen LogP contribution in [0.3, 0.4) is 0 Å². The third-order valence-electron chi connectivity index (χ3n) is 5.08. The summed E-state index contributed by atoms with van der Waals surface area (Å²) in [5.41, 5.74) is 0.798. The number of aromatic nitrogens is 1. The van der Waals surface area contributed by atoms with Gasteiger partial charge in [-0.15, -0.1) is 0 Å². The third-order valence-corrected chi connectivity index (χ3v) is 8.19. The molecule has 3 aromatic rings. The molecule has 0 saturated heterocycles. The second kappa shape index (κ2) is 11.3. The number of methoxy groups -OCH3 is 1. The summed E-state index contributed by atoms with van der Waals surface area (Å²) in [4.78, 5) is 21.7. The van der Waals surface area contributed by atoms with Crippen LogP contribution < -0.4 is 9.64 Å². The van der Waals surface area contributed by atoms with Crippen LogP contribution in [0.5, 0.6) is 5.75 Å². The summed E-state index contributed by atoms with van der Waals surface area (Å²) < 4.78 is 31.4. The number of ether oxygens (including phenoxy) is 1. The van der Waals surface area contributed by atoms with Crippen molar-refractivity contribution in [2.45, 2.75) is 24.2 Å². The van der Waals surface area contributed by atoms with E-state index in [-0.39, 0.29) is 29.4 Å². The zero-order chi connectivity index (χ0) is 24.0. The minimum Gasteiger partial charge on any atom is -0.497 e. The Morgan fingerprint density at radius 2 is 1.82 bits per heavy atom. The maximum absolute atomic E-state index is 13.1. The van der Waals surface area contributed by atoms with Crippen LogP contribution in [-0.2, 0) is 14.6 Å². The highest BCUT2D eigenvalue weighted by Gasteiger charge is 2.21. The molecule has 0 radical (unpaired) electrons. The largest absolute Gasteiger partial charge is 0.497 e. The van der Waals surface area contributed by atoms with Gasteiger partial charge in [-0.25, -0.2) is 13.4 Å². The number of hydrogen-bond donors (Lipinski definition) is 0. The van der Waals surface area contributed by atoms with Gasteiger partial charge < -0.3 is 9.64 Å². The number of anilines is 1. The standard InChI is InChI=1S/C23H28ClN3O4S2/c1-26(2)13-5-14-27(23-25-20-12-9-18(31-3)16-21(20)32-23)22(28)6-4-15-33(29,30)19-10-7-17(24)8-11-19/h7-12,16H,4-6,13-15H2,1-3H3. The minimum absolute atomic E-state index is 0.108. The van der Waals surface area contributed by atoms with Gasteiger partial charge in [-0.2, -0.15) is 0 Å². The Morgan fingerprint density at radius 1 is 1.09 bits per heavy atom. The Kier molecular flexibility index (Phi) is 8.69. The molecule has 178 valence electrons. The molecule has 0 fully saturated rings. The summed E-state index contributed by atoms with van der Waals surface area (Å²) in [6, 6.07) is 11.7. The molecule has 3 rings (SSSR count). The first-order valence-electron chi connectivity index (χ1n) is 10.6. The predicted octanol–water partition coefficient (Wildman–Crippen LogP) is 4.50. The third kappa shape index (κ3) is 6.89. The Hall–Kier alpha value is -2.20. The molecular formula is C23H28ClN3O4S2. The van der Waals surface area contributed by atoms with Crippen LogP contribution in [0.15, 0.2) is 47.4 Å². The van der Waals surface area contributed by atoms with E-state index < -0.39 is 9.84 Å². The number of nitrogens with zero attached hydrogens (tertiary/aromatic N) is 3. The van der Waals surface area contributed by atoms with E-state index in [0.29, 0.717) is 16.7 Å². The number of sulfone groups is 1. The highest BCUT2D eigenvalue weighted by Crippen LogP contribution is 2.32. The first-order valence-corrected chi connectivity index (χ1v) is 13.4. The van der Waals surface area contributed by atoms with Crippen molar-refractivity contribution in [3.8, 4) is 5.75 Å². The lowest BCUT2D eigenvalue weighted by molar-refractivity contribution is -0.118. The molecule has 0 atom stereocenters. The Balaban J connectivity index is 1.72. The second-order valence-electron chi connectivity index (χ2n) is 7.91. The highest BCUT2D eigenvalue weighted by atomic mass is 35.5. The highest BCUT2D eigenvalue weighted by molar-refractivity contribution is 7.91. The molecule has 0 spiro atoms. The lowest BCUT2D eigenvalue weighted by Crippen LogP contribution is -2.33. The quantitative estimate of drug-likeness (QED) is 0.378. The van der Waals surface area contributed by atoms with Gasteiger partial charge in [0.1, 0.15) is 5.75 Å². The van der Waals surface area contributed by atoms with Crippen molar-refractivity contribution >= 4 is 54.0 Å². The van der Waals surface area contributed by atoms with Gasteiger partial charge in [-0.3, -0.25) is 9.69 Å². The fourth-order valence-corrected chi connectivity index (χ4v) is 5.79. The lowest BCUT2D eigenvalue weighted by atomic mass is 10.3. The maximum atomic E-state index is 13.1. The topological polar surface area (TPSA) is 79.8 Å². The van der Waals surface area contributed by atoms with Crippen LogP contribution in [0.4, 0.5) is 5.13 Å². The van der Waals surface area contributed by atoms with Gasteiger partial charge in [-0.05, 0) is 75.9 Å². The van der Waals surface area contributed by atoms with Gasteiger partial charge in [0.05, 0.1) is 28.0 Å². The minimum atomic E-state index is -3.48. The maximum Gasteiger partial charge on any atom is 0.228 e. The number of hydrogen-bond acceptors (Lipinski definition) is 7. The fourth-order valence-electron chi connectivity index (χ4n) is 3.32. The SMILES string of the molecule is COc1ccc2nc(N(CCCN(C)C)C(=O)CCCS(=O)(=O)c3ccc(Cl)cc3)sc2c1. The van der Waals surface area contributed by atoms with Gasteiger partial charge in [0.15, 0.2) is 15.0 Å². The molecule has 0 saturated carbocycles. The molecule has 1 amide bonds. The molecule has 0 bridgehead atoms. The Morgan fingerprint density at radius 3 is 2.48 bits per heavy atom. The number of halogens is 1. The molecule has 0 aliphatic carbocycles. The van der Waals surface area contributed by atoms with E-state index in [1.54, 1.807) is 24.1 Å². The van der Waals surface area contributed by atoms with Crippen molar-refractivity contribution in [1.82, 2.24) is 9.88 Å². The number of amides is 1. The molecule has 0 aliphatic heterocycles. The smallest absolute Gasteiger partial charge is 0.228 e. The number of benzene rings is 2. The molecule has 1 heterocycles. The Labute approximate surface area is 203 Å². The van der Waals surface area contributed by atoms with Crippen molar-refractivity contribution in [1.29, 1.82) is 0 Å². The van der Waals surface area contributed by atoms with E-state index in [1.165, 1.54) is 23.5 Å². The molecule has 10 heteroatoms. The summed E-state index contributed by atoms with van der Waals surface area (Å²) in [5.74, 6) is 0.491. The molecular weight excluding hydrogens is 482 g/mol. The van der Waals surface area contributed by atoms with Crippen LogP contribution in [-0.4, -0.2) is 64.3 Å². The van der Waals surface area contributed by atoms with Crippen molar-refractivity contribution in [3.05, 3.63) is 47.5 Å². The van der Waals surface area contributed by atoms with Crippen LogP contribution >= 0.6 is 22.9 Å². The van der Waals surface area contributed by atoms with E-state index in [4.69, 9.17) is 16.3 Å². The Bertz CT molecular complexity index is 1190. The summed E-state index contributed by atoms with van der Waals surface area (Å²) in [6.45, 7) is 1.34. The number of carbonyl (C=O) groups is 1. The van der Waals surface area contributed by atoms with E-state index >= 15 is 0 Å².